The molecule has 0 saturated carbocycles. The van der Waals surface area contributed by atoms with Gasteiger partial charge in [0.1, 0.15) is 0 Å². The lowest BCUT2D eigenvalue weighted by molar-refractivity contribution is -0.137. The van der Waals surface area contributed by atoms with Gasteiger partial charge < -0.3 is 15.2 Å². The van der Waals surface area contributed by atoms with Crippen molar-refractivity contribution in [3.8, 4) is 11.8 Å². The number of alkyl halides is 3. The van der Waals surface area contributed by atoms with Gasteiger partial charge >= 0.3 is 6.18 Å². The molecule has 2 N–H and O–H groups in total. The minimum absolute atomic E-state index is 0.199. The predicted octanol–water partition coefficient (Wildman–Crippen LogP) is 5.17. The Hall–Kier alpha value is -5.11. The highest BCUT2D eigenvalue weighted by Crippen LogP contribution is 2.32. The van der Waals surface area contributed by atoms with E-state index >= 15 is 0 Å². The third kappa shape index (κ3) is 4.75. The Morgan fingerprint density at radius 3 is 2.62 bits per heavy atom. The minimum atomic E-state index is -4.46. The van der Waals surface area contributed by atoms with Crippen molar-refractivity contribution in [1.29, 1.82) is 5.26 Å². The van der Waals surface area contributed by atoms with Crippen molar-refractivity contribution in [3.05, 3.63) is 111 Å². The van der Waals surface area contributed by atoms with Gasteiger partial charge in [0.25, 0.3) is 5.56 Å². The van der Waals surface area contributed by atoms with Crippen LogP contribution in [0.1, 0.15) is 27.9 Å². The van der Waals surface area contributed by atoms with Gasteiger partial charge in [0, 0.05) is 19.5 Å². The maximum Gasteiger partial charge on any atom is 0.416 e. The number of imidazole rings is 1. The Bertz CT molecular complexity index is 1820. The van der Waals surface area contributed by atoms with Gasteiger partial charge in [-0.15, -0.1) is 0 Å². The number of rotatable bonds is 5. The molecule has 2 aromatic heterocycles. The van der Waals surface area contributed by atoms with Crippen molar-refractivity contribution in [2.24, 2.45) is 0 Å². The fourth-order valence-electron chi connectivity index (χ4n) is 4.85. The molecule has 3 heterocycles. The van der Waals surface area contributed by atoms with Gasteiger partial charge in [-0.05, 0) is 48.0 Å². The van der Waals surface area contributed by atoms with Crippen LogP contribution in [-0.4, -0.2) is 26.1 Å². The first-order chi connectivity index (χ1) is 19.3. The van der Waals surface area contributed by atoms with E-state index in [0.717, 1.165) is 17.7 Å². The first kappa shape index (κ1) is 25.2. The van der Waals surface area contributed by atoms with Crippen molar-refractivity contribution in [1.82, 2.24) is 19.5 Å². The lowest BCUT2D eigenvalue weighted by Gasteiger charge is -2.28. The standard InChI is InChI=1S/C29H22F3N7O/c30-29(31,32)20-9-10-24-25(14-20)37-28(36-24)38-12-11-23-22(17-38)26(40)39(21-7-2-1-3-8-21)27(35-23)34-16-19-6-4-5-18(13-19)15-33/h1-10,13-14H,11-12,16-17H2,(H,34,35)(H,36,37). The SMILES string of the molecule is N#Cc1cccc(CNc2nc3c(c(=O)n2-c2ccccc2)CN(c2nc4ccc(C(F)(F)F)cc4[nH]2)CC3)c1. The van der Waals surface area contributed by atoms with Gasteiger partial charge in [-0.1, -0.05) is 30.3 Å². The highest BCUT2D eigenvalue weighted by atomic mass is 19.4. The molecule has 0 atom stereocenters. The number of nitrogens with zero attached hydrogens (tertiary/aromatic N) is 5. The average Bonchev–Trinajstić information content (AvgIpc) is 3.40. The van der Waals surface area contributed by atoms with E-state index in [9.17, 15) is 23.2 Å². The Morgan fingerprint density at radius 1 is 1.02 bits per heavy atom. The first-order valence-electron chi connectivity index (χ1n) is 12.6. The zero-order chi connectivity index (χ0) is 27.9. The smallest absolute Gasteiger partial charge is 0.351 e. The largest absolute Gasteiger partial charge is 0.416 e. The third-order valence-corrected chi connectivity index (χ3v) is 6.85. The van der Waals surface area contributed by atoms with Gasteiger partial charge in [0.05, 0.1) is 51.7 Å². The van der Waals surface area contributed by atoms with E-state index in [4.69, 9.17) is 4.98 Å². The second-order valence-corrected chi connectivity index (χ2v) is 9.46. The maximum absolute atomic E-state index is 13.9. The Labute approximate surface area is 226 Å². The molecule has 1 aliphatic rings. The molecule has 0 fully saturated rings. The van der Waals surface area contributed by atoms with Crippen LogP contribution in [-0.2, 0) is 25.7 Å². The van der Waals surface area contributed by atoms with Crippen LogP contribution < -0.4 is 15.8 Å². The Morgan fingerprint density at radius 2 is 1.85 bits per heavy atom. The van der Waals surface area contributed by atoms with Gasteiger partial charge in [0.2, 0.25) is 11.9 Å². The van der Waals surface area contributed by atoms with Gasteiger partial charge in [-0.2, -0.15) is 18.4 Å². The molecule has 1 aliphatic heterocycles. The number of fused-ring (bicyclic) bond motifs is 2. The molecule has 0 radical (unpaired) electrons. The molecule has 5 aromatic rings. The van der Waals surface area contributed by atoms with Crippen molar-refractivity contribution in [3.63, 3.8) is 0 Å². The molecule has 0 amide bonds. The molecule has 11 heteroatoms. The monoisotopic (exact) mass is 541 g/mol. The number of anilines is 2. The molecule has 0 bridgehead atoms. The number of hydrogen-bond acceptors (Lipinski definition) is 6. The molecular weight excluding hydrogens is 519 g/mol. The van der Waals surface area contributed by atoms with Crippen LogP contribution in [0.5, 0.6) is 0 Å². The lowest BCUT2D eigenvalue weighted by atomic mass is 10.1. The highest BCUT2D eigenvalue weighted by Gasteiger charge is 2.31. The summed E-state index contributed by atoms with van der Waals surface area (Å²) < 4.78 is 41.0. The Kier molecular flexibility index (Phi) is 6.23. The molecule has 40 heavy (non-hydrogen) atoms. The van der Waals surface area contributed by atoms with E-state index in [0.29, 0.717) is 59.4 Å². The average molecular weight is 542 g/mol. The summed E-state index contributed by atoms with van der Waals surface area (Å²) in [5.41, 5.74) is 2.87. The van der Waals surface area contributed by atoms with Crippen molar-refractivity contribution >= 4 is 22.9 Å². The third-order valence-electron chi connectivity index (χ3n) is 6.85. The van der Waals surface area contributed by atoms with E-state index < -0.39 is 11.7 Å². The molecule has 0 spiro atoms. The molecule has 0 unspecified atom stereocenters. The molecule has 6 rings (SSSR count). The highest BCUT2D eigenvalue weighted by molar-refractivity contribution is 5.78. The number of para-hydroxylation sites is 1. The predicted molar refractivity (Wildman–Crippen MR) is 144 cm³/mol. The number of H-pyrrole nitrogens is 1. The van der Waals surface area contributed by atoms with E-state index in [1.807, 2.05) is 41.3 Å². The van der Waals surface area contributed by atoms with Crippen LogP contribution in [0.2, 0.25) is 0 Å². The maximum atomic E-state index is 13.9. The fourth-order valence-corrected chi connectivity index (χ4v) is 4.85. The Balaban J connectivity index is 1.35. The fraction of sp³-hybridized carbons (Fsp3) is 0.172. The van der Waals surface area contributed by atoms with Crippen molar-refractivity contribution < 1.29 is 13.2 Å². The molecule has 0 aliphatic carbocycles. The van der Waals surface area contributed by atoms with Crippen molar-refractivity contribution in [2.75, 3.05) is 16.8 Å². The molecule has 8 nitrogen and oxygen atoms in total. The number of benzene rings is 3. The van der Waals surface area contributed by atoms with Crippen LogP contribution >= 0.6 is 0 Å². The quantitative estimate of drug-likeness (QED) is 0.318. The van der Waals surface area contributed by atoms with E-state index in [1.54, 1.807) is 18.2 Å². The summed E-state index contributed by atoms with van der Waals surface area (Å²) >= 11 is 0. The summed E-state index contributed by atoms with van der Waals surface area (Å²) in [4.78, 5) is 28.0. The second-order valence-electron chi connectivity index (χ2n) is 9.46. The molecule has 3 aromatic carbocycles. The summed E-state index contributed by atoms with van der Waals surface area (Å²) in [5, 5.41) is 12.5. The number of hydrogen-bond donors (Lipinski definition) is 2. The van der Waals surface area contributed by atoms with Crippen LogP contribution in [0.25, 0.3) is 16.7 Å². The van der Waals surface area contributed by atoms with E-state index in [1.165, 1.54) is 10.6 Å². The van der Waals surface area contributed by atoms with E-state index in [2.05, 4.69) is 21.4 Å². The van der Waals surface area contributed by atoms with Gasteiger partial charge in [-0.25, -0.2) is 14.5 Å². The van der Waals surface area contributed by atoms with Crippen molar-refractivity contribution in [2.45, 2.75) is 25.7 Å². The molecule has 200 valence electrons. The summed E-state index contributed by atoms with van der Waals surface area (Å²) in [6, 6.07) is 21.9. The van der Waals surface area contributed by atoms with Gasteiger partial charge in [0.15, 0.2) is 0 Å². The number of nitriles is 1. The zero-order valence-corrected chi connectivity index (χ0v) is 21.0. The molecule has 0 saturated heterocycles. The summed E-state index contributed by atoms with van der Waals surface area (Å²) in [7, 11) is 0. The van der Waals surface area contributed by atoms with Crippen LogP contribution in [0.3, 0.4) is 0 Å². The number of nitrogens with one attached hydrogen (secondary N) is 2. The molecular formula is C29H22F3N7O. The summed E-state index contributed by atoms with van der Waals surface area (Å²) in [5.74, 6) is 0.777. The number of aromatic nitrogens is 4. The zero-order valence-electron chi connectivity index (χ0n) is 21.0. The van der Waals surface area contributed by atoms with Crippen LogP contribution in [0, 0.1) is 11.3 Å². The topological polar surface area (TPSA) is 103 Å². The summed E-state index contributed by atoms with van der Waals surface area (Å²) in [6.07, 6.45) is -4.01. The summed E-state index contributed by atoms with van der Waals surface area (Å²) in [6.45, 7) is 1.04. The number of aromatic amines is 1. The second kappa shape index (κ2) is 9.89. The number of halogens is 3. The van der Waals surface area contributed by atoms with Gasteiger partial charge in [-0.3, -0.25) is 4.79 Å². The van der Waals surface area contributed by atoms with Crippen LogP contribution in [0.15, 0.2) is 77.6 Å². The van der Waals surface area contributed by atoms with Crippen LogP contribution in [0.4, 0.5) is 25.1 Å². The minimum Gasteiger partial charge on any atom is -0.351 e. The normalized spacial score (nSPS) is 13.2. The lowest BCUT2D eigenvalue weighted by Crippen LogP contribution is -2.39. The van der Waals surface area contributed by atoms with E-state index in [-0.39, 0.29) is 17.6 Å². The first-order valence-corrected chi connectivity index (χ1v) is 12.6.